The van der Waals surface area contributed by atoms with Gasteiger partial charge in [0, 0.05) is 30.9 Å². The number of hydrogen-bond donors (Lipinski definition) is 0. The van der Waals surface area contributed by atoms with Crippen molar-refractivity contribution >= 4 is 11.8 Å². The molecule has 0 aliphatic carbocycles. The van der Waals surface area contributed by atoms with E-state index in [1.54, 1.807) is 7.11 Å². The molecular weight excluding hydrogens is 194 g/mol. The normalized spacial score (nSPS) is 12.7. The van der Waals surface area contributed by atoms with Crippen LogP contribution in [0.4, 0.5) is 0 Å². The highest BCUT2D eigenvalue weighted by Gasteiger charge is 2.02. The molecule has 3 heteroatoms. The highest BCUT2D eigenvalue weighted by Crippen LogP contribution is 2.18. The summed E-state index contributed by atoms with van der Waals surface area (Å²) in [4.78, 5) is 4.28. The van der Waals surface area contributed by atoms with Gasteiger partial charge in [-0.25, -0.2) is 0 Å². The van der Waals surface area contributed by atoms with Crippen molar-refractivity contribution in [2.75, 3.05) is 13.7 Å². The second-order valence-corrected chi connectivity index (χ2v) is 4.65. The summed E-state index contributed by atoms with van der Waals surface area (Å²) in [6, 6.07) is 6.04. The van der Waals surface area contributed by atoms with Gasteiger partial charge in [-0.2, -0.15) is 11.8 Å². The van der Waals surface area contributed by atoms with Gasteiger partial charge in [0.25, 0.3) is 0 Å². The largest absolute Gasteiger partial charge is 0.385 e. The summed E-state index contributed by atoms with van der Waals surface area (Å²) in [5.74, 6) is 0.992. The SMILES string of the molecule is COCCC(C)SCc1ccccn1. The van der Waals surface area contributed by atoms with Crippen LogP contribution in [0.2, 0.25) is 0 Å². The molecule has 14 heavy (non-hydrogen) atoms. The van der Waals surface area contributed by atoms with Gasteiger partial charge in [-0.1, -0.05) is 13.0 Å². The first-order chi connectivity index (χ1) is 6.83. The lowest BCUT2D eigenvalue weighted by atomic mass is 10.3. The molecule has 78 valence electrons. The van der Waals surface area contributed by atoms with Gasteiger partial charge in [-0.15, -0.1) is 0 Å². The predicted octanol–water partition coefficient (Wildman–Crippen LogP) is 2.74. The summed E-state index contributed by atoms with van der Waals surface area (Å²) in [5.41, 5.74) is 1.15. The smallest absolute Gasteiger partial charge is 0.0502 e. The third kappa shape index (κ3) is 4.63. The monoisotopic (exact) mass is 211 g/mol. The Bertz CT molecular complexity index is 240. The third-order valence-electron chi connectivity index (χ3n) is 1.97. The highest BCUT2D eigenvalue weighted by molar-refractivity contribution is 7.99. The molecule has 1 atom stereocenters. The van der Waals surface area contributed by atoms with E-state index in [9.17, 15) is 0 Å². The van der Waals surface area contributed by atoms with E-state index < -0.39 is 0 Å². The molecule has 0 aliphatic heterocycles. The Morgan fingerprint density at radius 2 is 2.36 bits per heavy atom. The number of nitrogens with zero attached hydrogens (tertiary/aromatic N) is 1. The van der Waals surface area contributed by atoms with Crippen molar-refractivity contribution in [3.05, 3.63) is 30.1 Å². The molecule has 0 aromatic carbocycles. The van der Waals surface area contributed by atoms with E-state index in [2.05, 4.69) is 18.0 Å². The molecule has 0 N–H and O–H groups in total. The zero-order chi connectivity index (χ0) is 10.2. The molecule has 1 unspecified atom stereocenters. The summed E-state index contributed by atoms with van der Waals surface area (Å²) in [5, 5.41) is 0.636. The fourth-order valence-corrected chi connectivity index (χ4v) is 1.97. The number of rotatable bonds is 6. The summed E-state index contributed by atoms with van der Waals surface area (Å²) in [6.45, 7) is 3.07. The van der Waals surface area contributed by atoms with Crippen molar-refractivity contribution in [3.63, 3.8) is 0 Å². The number of ether oxygens (including phenoxy) is 1. The maximum atomic E-state index is 5.04. The molecular formula is C11H17NOS. The zero-order valence-electron chi connectivity index (χ0n) is 8.77. The van der Waals surface area contributed by atoms with E-state index in [-0.39, 0.29) is 0 Å². The van der Waals surface area contributed by atoms with Crippen LogP contribution >= 0.6 is 11.8 Å². The molecule has 0 saturated heterocycles. The summed E-state index contributed by atoms with van der Waals surface area (Å²) >= 11 is 1.93. The second-order valence-electron chi connectivity index (χ2n) is 3.22. The molecule has 2 nitrogen and oxygen atoms in total. The number of thioether (sulfide) groups is 1. The molecule has 1 aromatic heterocycles. The van der Waals surface area contributed by atoms with Crippen LogP contribution < -0.4 is 0 Å². The third-order valence-corrected chi connectivity index (χ3v) is 3.24. The van der Waals surface area contributed by atoms with Crippen LogP contribution in [0.25, 0.3) is 0 Å². The number of hydrogen-bond acceptors (Lipinski definition) is 3. The number of pyridine rings is 1. The lowest BCUT2D eigenvalue weighted by Gasteiger charge is -2.09. The molecule has 1 rings (SSSR count). The van der Waals surface area contributed by atoms with Crippen LogP contribution in [-0.2, 0) is 10.5 Å². The van der Waals surface area contributed by atoms with Gasteiger partial charge >= 0.3 is 0 Å². The lowest BCUT2D eigenvalue weighted by molar-refractivity contribution is 0.195. The highest BCUT2D eigenvalue weighted by atomic mass is 32.2. The second kappa shape index (κ2) is 6.85. The first-order valence-electron chi connectivity index (χ1n) is 4.83. The fraction of sp³-hybridized carbons (Fsp3) is 0.545. The molecule has 0 fully saturated rings. The van der Waals surface area contributed by atoms with E-state index in [1.165, 1.54) is 0 Å². The maximum absolute atomic E-state index is 5.04. The van der Waals surface area contributed by atoms with Crippen LogP contribution in [0.15, 0.2) is 24.4 Å². The van der Waals surface area contributed by atoms with Crippen LogP contribution in [0.5, 0.6) is 0 Å². The van der Waals surface area contributed by atoms with Crippen molar-refractivity contribution < 1.29 is 4.74 Å². The molecule has 1 aromatic rings. The van der Waals surface area contributed by atoms with Crippen LogP contribution in [0.1, 0.15) is 19.0 Å². The van der Waals surface area contributed by atoms with E-state index in [1.807, 2.05) is 30.1 Å². The van der Waals surface area contributed by atoms with Crippen LogP contribution in [-0.4, -0.2) is 24.0 Å². The van der Waals surface area contributed by atoms with E-state index in [0.717, 1.165) is 24.5 Å². The van der Waals surface area contributed by atoms with Crippen molar-refractivity contribution in [3.8, 4) is 0 Å². The van der Waals surface area contributed by atoms with Crippen LogP contribution in [0, 0.1) is 0 Å². The summed E-state index contributed by atoms with van der Waals surface area (Å²) < 4.78 is 5.04. The van der Waals surface area contributed by atoms with E-state index in [0.29, 0.717) is 5.25 Å². The minimum absolute atomic E-state index is 0.636. The quantitative estimate of drug-likeness (QED) is 0.722. The van der Waals surface area contributed by atoms with Crippen molar-refractivity contribution in [2.24, 2.45) is 0 Å². The van der Waals surface area contributed by atoms with Gasteiger partial charge < -0.3 is 4.74 Å². The number of methoxy groups -OCH3 is 1. The Morgan fingerprint density at radius 3 is 3.00 bits per heavy atom. The predicted molar refractivity (Wildman–Crippen MR) is 61.5 cm³/mol. The fourth-order valence-electron chi connectivity index (χ4n) is 1.08. The number of aromatic nitrogens is 1. The Morgan fingerprint density at radius 1 is 1.50 bits per heavy atom. The van der Waals surface area contributed by atoms with Crippen molar-refractivity contribution in [1.82, 2.24) is 4.98 Å². The van der Waals surface area contributed by atoms with Crippen molar-refractivity contribution in [1.29, 1.82) is 0 Å². The van der Waals surface area contributed by atoms with Gasteiger partial charge in [0.15, 0.2) is 0 Å². The standard InChI is InChI=1S/C11H17NOS/c1-10(6-8-13-2)14-9-11-5-3-4-7-12-11/h3-5,7,10H,6,8-9H2,1-2H3. The first-order valence-corrected chi connectivity index (χ1v) is 5.88. The first kappa shape index (κ1) is 11.5. The summed E-state index contributed by atoms with van der Waals surface area (Å²) in [7, 11) is 1.75. The lowest BCUT2D eigenvalue weighted by Crippen LogP contribution is -2.02. The topological polar surface area (TPSA) is 22.1 Å². The zero-order valence-corrected chi connectivity index (χ0v) is 9.59. The Labute approximate surface area is 90.1 Å². The molecule has 0 saturated carbocycles. The summed E-state index contributed by atoms with van der Waals surface area (Å²) in [6.07, 6.45) is 2.95. The van der Waals surface area contributed by atoms with Gasteiger partial charge in [-0.3, -0.25) is 4.98 Å². The van der Waals surface area contributed by atoms with Gasteiger partial charge in [0.1, 0.15) is 0 Å². The Kier molecular flexibility index (Phi) is 5.64. The molecule has 0 amide bonds. The minimum Gasteiger partial charge on any atom is -0.385 e. The molecule has 0 bridgehead atoms. The molecule has 0 aliphatic rings. The van der Waals surface area contributed by atoms with Gasteiger partial charge in [0.05, 0.1) is 5.69 Å². The van der Waals surface area contributed by atoms with Crippen molar-refractivity contribution in [2.45, 2.75) is 24.3 Å². The Hall–Kier alpha value is -0.540. The molecule has 0 spiro atoms. The van der Waals surface area contributed by atoms with Gasteiger partial charge in [0.2, 0.25) is 0 Å². The van der Waals surface area contributed by atoms with E-state index >= 15 is 0 Å². The molecule has 1 heterocycles. The average Bonchev–Trinajstić information content (AvgIpc) is 2.25. The Balaban J connectivity index is 2.20. The minimum atomic E-state index is 0.636. The van der Waals surface area contributed by atoms with E-state index in [4.69, 9.17) is 4.74 Å². The average molecular weight is 211 g/mol. The van der Waals surface area contributed by atoms with Gasteiger partial charge in [-0.05, 0) is 18.6 Å². The maximum Gasteiger partial charge on any atom is 0.0502 e. The molecule has 0 radical (unpaired) electrons. The van der Waals surface area contributed by atoms with Crippen LogP contribution in [0.3, 0.4) is 0 Å².